The molecule has 0 aromatic heterocycles. The van der Waals surface area contributed by atoms with E-state index in [9.17, 15) is 0 Å². The van der Waals surface area contributed by atoms with Crippen LogP contribution in [0.25, 0.3) is 0 Å². The third-order valence-electron chi connectivity index (χ3n) is 1.22. The maximum atomic E-state index is 5.09. The Balaban J connectivity index is 2.56. The van der Waals surface area contributed by atoms with Crippen molar-refractivity contribution in [3.8, 4) is 0 Å². The summed E-state index contributed by atoms with van der Waals surface area (Å²) in [4.78, 5) is 0. The van der Waals surface area contributed by atoms with E-state index in [0.29, 0.717) is 6.67 Å². The van der Waals surface area contributed by atoms with Gasteiger partial charge in [-0.3, -0.25) is 5.84 Å². The largest absolute Gasteiger partial charge is 0.371 e. The predicted molar refractivity (Wildman–Crippen MR) is 50.0 cm³/mol. The molecule has 0 radical (unpaired) electrons. The van der Waals surface area contributed by atoms with Crippen LogP contribution < -0.4 is 16.6 Å². The molecule has 4 N–H and O–H groups in total. The fraction of sp³-hybridized carbons (Fsp3) is 0.143. The van der Waals surface area contributed by atoms with Crippen LogP contribution in [0.4, 0.5) is 5.69 Å². The summed E-state index contributed by atoms with van der Waals surface area (Å²) >= 11 is 3.36. The summed E-state index contributed by atoms with van der Waals surface area (Å²) in [6, 6.07) is 7.89. The molecule has 0 heterocycles. The van der Waals surface area contributed by atoms with Crippen molar-refractivity contribution < 1.29 is 0 Å². The van der Waals surface area contributed by atoms with Crippen LogP contribution in [0.15, 0.2) is 28.7 Å². The minimum Gasteiger partial charge on any atom is -0.371 e. The highest BCUT2D eigenvalue weighted by Gasteiger charge is 1.89. The number of nitrogens with two attached hydrogens (primary N) is 1. The average Bonchev–Trinajstić information content (AvgIpc) is 2.01. The molecule has 0 saturated heterocycles. The fourth-order valence-electron chi connectivity index (χ4n) is 0.752. The van der Waals surface area contributed by atoms with Gasteiger partial charge in [-0.1, -0.05) is 22.0 Å². The van der Waals surface area contributed by atoms with E-state index >= 15 is 0 Å². The standard InChI is InChI=1S/C7H10BrN3/c8-6-2-1-3-7(4-6)10-5-11-9/h1-4,10-11H,5,9H2. The van der Waals surface area contributed by atoms with Gasteiger partial charge in [0.25, 0.3) is 0 Å². The molecule has 4 heteroatoms. The normalized spacial score (nSPS) is 9.64. The lowest BCUT2D eigenvalue weighted by Crippen LogP contribution is -2.28. The van der Waals surface area contributed by atoms with E-state index in [2.05, 4.69) is 26.7 Å². The summed E-state index contributed by atoms with van der Waals surface area (Å²) in [7, 11) is 0. The number of hydrogen-bond donors (Lipinski definition) is 3. The molecular formula is C7H10BrN3. The van der Waals surface area contributed by atoms with E-state index in [1.807, 2.05) is 24.3 Å². The highest BCUT2D eigenvalue weighted by molar-refractivity contribution is 9.10. The summed E-state index contributed by atoms with van der Waals surface area (Å²) in [5, 5.41) is 3.07. The number of hydrogen-bond acceptors (Lipinski definition) is 3. The summed E-state index contributed by atoms with van der Waals surface area (Å²) < 4.78 is 1.06. The molecular weight excluding hydrogens is 206 g/mol. The molecule has 0 fully saturated rings. The molecule has 0 spiro atoms. The molecule has 0 aliphatic carbocycles. The van der Waals surface area contributed by atoms with Gasteiger partial charge in [0.2, 0.25) is 0 Å². The molecule has 0 atom stereocenters. The van der Waals surface area contributed by atoms with E-state index < -0.39 is 0 Å². The van der Waals surface area contributed by atoms with Gasteiger partial charge in [-0.15, -0.1) is 0 Å². The Bertz CT molecular complexity index is 227. The third kappa shape index (κ3) is 2.88. The maximum Gasteiger partial charge on any atom is 0.0780 e. The highest BCUT2D eigenvalue weighted by Crippen LogP contribution is 2.14. The Kier molecular flexibility index (Phi) is 3.35. The molecule has 0 aliphatic heterocycles. The number of anilines is 1. The zero-order valence-electron chi connectivity index (χ0n) is 5.97. The van der Waals surface area contributed by atoms with Crippen molar-refractivity contribution in [3.05, 3.63) is 28.7 Å². The highest BCUT2D eigenvalue weighted by atomic mass is 79.9. The number of rotatable bonds is 3. The second-order valence-corrected chi connectivity index (χ2v) is 2.98. The Hall–Kier alpha value is -0.580. The Morgan fingerprint density at radius 1 is 1.45 bits per heavy atom. The number of hydrazine groups is 1. The van der Waals surface area contributed by atoms with Gasteiger partial charge in [0.05, 0.1) is 6.67 Å². The summed E-state index contributed by atoms with van der Waals surface area (Å²) in [6.07, 6.45) is 0. The van der Waals surface area contributed by atoms with E-state index in [1.54, 1.807) is 0 Å². The molecule has 1 aromatic carbocycles. The van der Waals surface area contributed by atoms with Crippen LogP contribution in [0, 0.1) is 0 Å². The molecule has 3 nitrogen and oxygen atoms in total. The van der Waals surface area contributed by atoms with Crippen molar-refractivity contribution in [2.45, 2.75) is 0 Å². The zero-order chi connectivity index (χ0) is 8.10. The van der Waals surface area contributed by atoms with Crippen molar-refractivity contribution in [2.75, 3.05) is 12.0 Å². The first-order valence-electron chi connectivity index (χ1n) is 3.26. The van der Waals surface area contributed by atoms with Crippen LogP contribution >= 0.6 is 15.9 Å². The van der Waals surface area contributed by atoms with Crippen LogP contribution in [-0.2, 0) is 0 Å². The van der Waals surface area contributed by atoms with Crippen molar-refractivity contribution in [1.82, 2.24) is 5.43 Å². The first-order chi connectivity index (χ1) is 5.33. The molecule has 0 amide bonds. The molecule has 0 unspecified atom stereocenters. The van der Waals surface area contributed by atoms with Gasteiger partial charge in [0, 0.05) is 10.2 Å². The molecule has 0 aliphatic rings. The van der Waals surface area contributed by atoms with Crippen molar-refractivity contribution in [1.29, 1.82) is 0 Å². The fourth-order valence-corrected chi connectivity index (χ4v) is 1.15. The van der Waals surface area contributed by atoms with Crippen LogP contribution in [0.2, 0.25) is 0 Å². The predicted octanol–water partition coefficient (Wildman–Crippen LogP) is 1.28. The zero-order valence-corrected chi connectivity index (χ0v) is 7.56. The number of halogens is 1. The van der Waals surface area contributed by atoms with E-state index in [1.165, 1.54) is 0 Å². The SMILES string of the molecule is NNCNc1cccc(Br)c1. The topological polar surface area (TPSA) is 50.1 Å². The number of benzene rings is 1. The summed E-state index contributed by atoms with van der Waals surface area (Å²) in [5.74, 6) is 5.09. The van der Waals surface area contributed by atoms with E-state index in [4.69, 9.17) is 5.84 Å². The van der Waals surface area contributed by atoms with Gasteiger partial charge in [-0.05, 0) is 18.2 Å². The van der Waals surface area contributed by atoms with Crippen LogP contribution in [-0.4, -0.2) is 6.67 Å². The number of nitrogens with one attached hydrogen (secondary N) is 2. The van der Waals surface area contributed by atoms with Gasteiger partial charge < -0.3 is 5.32 Å². The lowest BCUT2D eigenvalue weighted by atomic mass is 10.3. The van der Waals surface area contributed by atoms with Gasteiger partial charge in [0.1, 0.15) is 0 Å². The maximum absolute atomic E-state index is 5.09. The second kappa shape index (κ2) is 4.33. The first kappa shape index (κ1) is 8.52. The van der Waals surface area contributed by atoms with Crippen LogP contribution in [0.3, 0.4) is 0 Å². The van der Waals surface area contributed by atoms with Crippen molar-refractivity contribution in [3.63, 3.8) is 0 Å². The van der Waals surface area contributed by atoms with Crippen molar-refractivity contribution >= 4 is 21.6 Å². The molecule has 1 aromatic rings. The van der Waals surface area contributed by atoms with Gasteiger partial charge in [-0.25, -0.2) is 5.43 Å². The molecule has 0 saturated carbocycles. The van der Waals surface area contributed by atoms with Gasteiger partial charge >= 0.3 is 0 Å². The third-order valence-corrected chi connectivity index (χ3v) is 1.71. The van der Waals surface area contributed by atoms with Gasteiger partial charge in [0.15, 0.2) is 0 Å². The molecule has 1 rings (SSSR count). The Labute approximate surface area is 74.1 Å². The first-order valence-corrected chi connectivity index (χ1v) is 4.05. The van der Waals surface area contributed by atoms with E-state index in [-0.39, 0.29) is 0 Å². The summed E-state index contributed by atoms with van der Waals surface area (Å²) in [6.45, 7) is 0.566. The Morgan fingerprint density at radius 2 is 2.27 bits per heavy atom. The molecule has 0 bridgehead atoms. The van der Waals surface area contributed by atoms with Crippen molar-refractivity contribution in [2.24, 2.45) is 5.84 Å². The summed E-state index contributed by atoms with van der Waals surface area (Å²) in [5.41, 5.74) is 3.55. The van der Waals surface area contributed by atoms with Gasteiger partial charge in [-0.2, -0.15) is 0 Å². The second-order valence-electron chi connectivity index (χ2n) is 2.07. The monoisotopic (exact) mass is 215 g/mol. The smallest absolute Gasteiger partial charge is 0.0780 e. The lowest BCUT2D eigenvalue weighted by Gasteiger charge is -2.04. The minimum atomic E-state index is 0.566. The molecule has 60 valence electrons. The molecule has 11 heavy (non-hydrogen) atoms. The van der Waals surface area contributed by atoms with Crippen LogP contribution in [0.1, 0.15) is 0 Å². The Morgan fingerprint density at radius 3 is 2.91 bits per heavy atom. The average molecular weight is 216 g/mol. The van der Waals surface area contributed by atoms with E-state index in [0.717, 1.165) is 10.2 Å². The van der Waals surface area contributed by atoms with Crippen LogP contribution in [0.5, 0.6) is 0 Å². The lowest BCUT2D eigenvalue weighted by molar-refractivity contribution is 0.790. The minimum absolute atomic E-state index is 0.566. The quantitative estimate of drug-likeness (QED) is 0.405.